The molecule has 4 heterocycles. The molecule has 4 amide bonds. The zero-order valence-electron chi connectivity index (χ0n) is 31.4. The molecule has 4 fully saturated rings. The van der Waals surface area contributed by atoms with Gasteiger partial charge in [0.05, 0.1) is 30.1 Å². The average molecular weight is 772 g/mol. The number of nitrogens with one attached hydrogen (secondary N) is 1. The third kappa shape index (κ3) is 8.47. The summed E-state index contributed by atoms with van der Waals surface area (Å²) in [5.74, 6) is -1.50. The lowest BCUT2D eigenvalue weighted by atomic mass is 9.87. The maximum atomic E-state index is 14.5. The number of piperidine rings is 2. The molecule has 56 heavy (non-hydrogen) atoms. The first-order valence-corrected chi connectivity index (χ1v) is 19.5. The van der Waals surface area contributed by atoms with Crippen LogP contribution in [-0.4, -0.2) is 100 Å². The van der Waals surface area contributed by atoms with Crippen LogP contribution in [0, 0.1) is 0 Å². The minimum Gasteiger partial charge on any atom is -0.447 e. The topological polar surface area (TPSA) is 103 Å². The predicted molar refractivity (Wildman–Crippen MR) is 204 cm³/mol. The van der Waals surface area contributed by atoms with Gasteiger partial charge in [0.2, 0.25) is 17.7 Å². The highest BCUT2D eigenvalue weighted by atomic mass is 19.4. The monoisotopic (exact) mass is 771 g/mol. The average Bonchev–Trinajstić information content (AvgIpc) is 3.59. The van der Waals surface area contributed by atoms with Crippen LogP contribution in [0.25, 0.3) is 6.08 Å². The van der Waals surface area contributed by atoms with Crippen molar-refractivity contribution >= 4 is 29.9 Å². The normalized spacial score (nSPS) is 23.5. The quantitative estimate of drug-likeness (QED) is 0.221. The van der Waals surface area contributed by atoms with Crippen molar-refractivity contribution in [1.82, 2.24) is 24.9 Å². The van der Waals surface area contributed by atoms with Crippen LogP contribution in [0.3, 0.4) is 0 Å². The van der Waals surface area contributed by atoms with Gasteiger partial charge in [-0.3, -0.25) is 19.3 Å². The van der Waals surface area contributed by atoms with Gasteiger partial charge in [-0.1, -0.05) is 91.4 Å². The van der Waals surface area contributed by atoms with Crippen molar-refractivity contribution in [2.45, 2.75) is 87.9 Å². The lowest BCUT2D eigenvalue weighted by Gasteiger charge is -2.52. The molecule has 0 bridgehead atoms. The number of nitrogens with zero attached hydrogens (tertiary/aromatic N) is 4. The van der Waals surface area contributed by atoms with Crippen molar-refractivity contribution in [3.63, 3.8) is 0 Å². The number of amides is 4. The van der Waals surface area contributed by atoms with E-state index in [-0.39, 0.29) is 24.5 Å². The van der Waals surface area contributed by atoms with Gasteiger partial charge in [0, 0.05) is 19.1 Å². The maximum absolute atomic E-state index is 14.5. The van der Waals surface area contributed by atoms with Gasteiger partial charge in [0.15, 0.2) is 0 Å². The van der Waals surface area contributed by atoms with Gasteiger partial charge in [-0.2, -0.15) is 13.2 Å². The first-order valence-electron chi connectivity index (χ1n) is 19.5. The highest BCUT2D eigenvalue weighted by molar-refractivity contribution is 5.99. The van der Waals surface area contributed by atoms with Crippen molar-refractivity contribution < 1.29 is 37.1 Å². The summed E-state index contributed by atoms with van der Waals surface area (Å²) in [6.45, 7) is 4.73. The summed E-state index contributed by atoms with van der Waals surface area (Å²) in [7, 11) is 0. The standard InChI is InChI=1S/C43H48F3N5O5/c1-29(32-16-11-17-33(26-32)43(44,45)46)47-40(53)36(27-38(52)49-24-20-34(21-25-49)48-22-9-4-10-23-48)50-35(19-18-30-12-5-2-6-13-30)39(41(50)54)51-37(28-56-42(51)55)31-14-7-3-8-15-31/h2-3,5-8,11-19,26,29,34-37,39H,4,9-10,20-25,27-28H2,1H3,(H,47,53)/t29-,35-,36-,37-,39+/m1/s1. The summed E-state index contributed by atoms with van der Waals surface area (Å²) in [4.78, 5) is 63.5. The summed E-state index contributed by atoms with van der Waals surface area (Å²) in [6, 6.07) is 19.0. The fourth-order valence-corrected chi connectivity index (χ4v) is 8.56. The molecule has 0 aromatic heterocycles. The van der Waals surface area contributed by atoms with E-state index in [9.17, 15) is 32.3 Å². The molecule has 0 aliphatic carbocycles. The number of hydrogen-bond donors (Lipinski definition) is 1. The Morgan fingerprint density at radius 1 is 0.893 bits per heavy atom. The highest BCUT2D eigenvalue weighted by Gasteiger charge is 2.58. The molecule has 13 heteroatoms. The SMILES string of the molecule is C[C@@H](NC(=O)[C@@H](CC(=O)N1CCC(N2CCCCC2)CC1)N1C(=O)[C@@H](N2C(=O)OC[C@@H]2c2ccccc2)[C@H]1C=Cc1ccccc1)c1cccc(C(F)(F)F)c1. The second-order valence-electron chi connectivity index (χ2n) is 15.1. The van der Waals surface area contributed by atoms with Crippen molar-refractivity contribution in [3.05, 3.63) is 113 Å². The van der Waals surface area contributed by atoms with E-state index < -0.39 is 59.9 Å². The van der Waals surface area contributed by atoms with Gasteiger partial charge >= 0.3 is 12.3 Å². The van der Waals surface area contributed by atoms with Crippen LogP contribution in [0.2, 0.25) is 0 Å². The number of ether oxygens (including phenoxy) is 1. The second-order valence-corrected chi connectivity index (χ2v) is 15.1. The molecule has 0 spiro atoms. The number of hydrogen-bond acceptors (Lipinski definition) is 6. The Morgan fingerprint density at radius 3 is 2.25 bits per heavy atom. The summed E-state index contributed by atoms with van der Waals surface area (Å²) >= 11 is 0. The van der Waals surface area contributed by atoms with E-state index in [1.165, 1.54) is 41.2 Å². The lowest BCUT2D eigenvalue weighted by molar-refractivity contribution is -0.164. The summed E-state index contributed by atoms with van der Waals surface area (Å²) in [5.41, 5.74) is 0.966. The van der Waals surface area contributed by atoms with E-state index >= 15 is 0 Å². The van der Waals surface area contributed by atoms with Gasteiger partial charge in [-0.15, -0.1) is 0 Å². The van der Waals surface area contributed by atoms with E-state index in [1.54, 1.807) is 17.9 Å². The number of halogens is 3. The van der Waals surface area contributed by atoms with Crippen LogP contribution in [0.5, 0.6) is 0 Å². The number of alkyl halides is 3. The highest BCUT2D eigenvalue weighted by Crippen LogP contribution is 2.39. The van der Waals surface area contributed by atoms with Crippen LogP contribution < -0.4 is 5.32 Å². The largest absolute Gasteiger partial charge is 0.447 e. The second kappa shape index (κ2) is 16.9. The Kier molecular flexibility index (Phi) is 11.8. The first-order chi connectivity index (χ1) is 27.0. The zero-order chi connectivity index (χ0) is 39.4. The number of rotatable bonds is 11. The molecule has 4 aliphatic heterocycles. The lowest BCUT2D eigenvalue weighted by Crippen LogP contribution is -2.74. The molecule has 10 nitrogen and oxygen atoms in total. The number of carbonyl (C=O) groups is 4. The van der Waals surface area contributed by atoms with Gasteiger partial charge < -0.3 is 24.8 Å². The van der Waals surface area contributed by atoms with E-state index in [0.717, 1.165) is 49.2 Å². The molecule has 0 saturated carbocycles. The van der Waals surface area contributed by atoms with E-state index in [4.69, 9.17) is 4.74 Å². The van der Waals surface area contributed by atoms with Crippen molar-refractivity contribution in [2.24, 2.45) is 0 Å². The Bertz CT molecular complexity index is 1900. The minimum absolute atomic E-state index is 0.0338. The molecule has 3 aromatic rings. The van der Waals surface area contributed by atoms with Crippen molar-refractivity contribution in [1.29, 1.82) is 0 Å². The van der Waals surface area contributed by atoms with Gasteiger partial charge in [-0.05, 0) is 74.5 Å². The number of β-lactam (4-membered cyclic amide) rings is 1. The Labute approximate surface area is 325 Å². The molecule has 3 aromatic carbocycles. The third-order valence-electron chi connectivity index (χ3n) is 11.6. The molecular formula is C43H48F3N5O5. The molecule has 5 atom stereocenters. The fraction of sp³-hybridized carbons (Fsp3) is 0.442. The maximum Gasteiger partial charge on any atom is 0.416 e. The van der Waals surface area contributed by atoms with Crippen LogP contribution in [0.4, 0.5) is 18.0 Å². The predicted octanol–water partition coefficient (Wildman–Crippen LogP) is 6.60. The minimum atomic E-state index is -4.58. The third-order valence-corrected chi connectivity index (χ3v) is 11.6. The van der Waals surface area contributed by atoms with Crippen LogP contribution in [-0.2, 0) is 25.3 Å². The Balaban J connectivity index is 1.18. The van der Waals surface area contributed by atoms with E-state index in [1.807, 2.05) is 66.7 Å². The number of cyclic esters (lactones) is 1. The molecule has 4 saturated heterocycles. The Hall–Kier alpha value is -5.17. The summed E-state index contributed by atoms with van der Waals surface area (Å²) < 4.78 is 46.4. The van der Waals surface area contributed by atoms with E-state index in [2.05, 4.69) is 10.2 Å². The molecule has 7 rings (SSSR count). The van der Waals surface area contributed by atoms with Crippen LogP contribution in [0.1, 0.15) is 79.8 Å². The van der Waals surface area contributed by atoms with Gasteiger partial charge in [0.1, 0.15) is 18.7 Å². The van der Waals surface area contributed by atoms with Crippen molar-refractivity contribution in [2.75, 3.05) is 32.8 Å². The number of benzene rings is 3. The molecule has 1 N–H and O–H groups in total. The summed E-state index contributed by atoms with van der Waals surface area (Å²) in [5, 5.41) is 2.82. The summed E-state index contributed by atoms with van der Waals surface area (Å²) in [6.07, 6.45) is 3.17. The first kappa shape index (κ1) is 39.1. The Morgan fingerprint density at radius 2 is 1.57 bits per heavy atom. The van der Waals surface area contributed by atoms with E-state index in [0.29, 0.717) is 19.1 Å². The van der Waals surface area contributed by atoms with Gasteiger partial charge in [-0.25, -0.2) is 4.79 Å². The van der Waals surface area contributed by atoms with Gasteiger partial charge in [0.25, 0.3) is 0 Å². The number of carbonyl (C=O) groups excluding carboxylic acids is 4. The number of likely N-dealkylation sites (tertiary alicyclic amines) is 3. The molecule has 296 valence electrons. The van der Waals surface area contributed by atoms with Crippen LogP contribution in [0.15, 0.2) is 91.0 Å². The smallest absolute Gasteiger partial charge is 0.416 e. The molecule has 0 unspecified atom stereocenters. The zero-order valence-corrected chi connectivity index (χ0v) is 31.4. The molecule has 4 aliphatic rings. The molecular weight excluding hydrogens is 723 g/mol. The van der Waals surface area contributed by atoms with Crippen LogP contribution >= 0.6 is 0 Å². The fourth-order valence-electron chi connectivity index (χ4n) is 8.56. The molecule has 0 radical (unpaired) electrons. The van der Waals surface area contributed by atoms with Crippen molar-refractivity contribution in [3.8, 4) is 0 Å².